The number of nitrogens with zero attached hydrogens (tertiary/aromatic N) is 2. The lowest BCUT2D eigenvalue weighted by atomic mass is 10.3. The summed E-state index contributed by atoms with van der Waals surface area (Å²) in [6.45, 7) is 14.6. The number of aliphatic imine (C=N–C) groups is 1. The van der Waals surface area contributed by atoms with Gasteiger partial charge in [0, 0.05) is 26.7 Å². The molecule has 0 aliphatic carbocycles. The lowest BCUT2D eigenvalue weighted by molar-refractivity contribution is 0.0487. The largest absolute Gasteiger partial charge is 0.379 e. The van der Waals surface area contributed by atoms with E-state index in [0.717, 1.165) is 51.6 Å². The number of hydrogen-bond acceptors (Lipinski definition) is 4. The fraction of sp³-hybridized carbons (Fsp3) is 0.944. The number of ether oxygens (including phenoxy) is 2. The predicted octanol–water partition coefficient (Wildman–Crippen LogP) is 2.72. The Morgan fingerprint density at radius 2 is 1.48 bits per heavy atom. The minimum Gasteiger partial charge on any atom is -0.379 e. The molecule has 0 spiro atoms. The molecule has 0 rings (SSSR count). The summed E-state index contributed by atoms with van der Waals surface area (Å²) in [5.74, 6) is 0.848. The van der Waals surface area contributed by atoms with Crippen LogP contribution in [0.25, 0.3) is 0 Å². The first-order valence-corrected chi connectivity index (χ1v) is 9.60. The molecule has 6 nitrogen and oxygen atoms in total. The van der Waals surface area contributed by atoms with Gasteiger partial charge in [0.2, 0.25) is 0 Å². The van der Waals surface area contributed by atoms with Crippen LogP contribution in [0.3, 0.4) is 0 Å². The summed E-state index contributed by atoms with van der Waals surface area (Å²) >= 11 is 0. The first kappa shape index (κ1) is 27.1. The Labute approximate surface area is 172 Å². The molecule has 0 aromatic carbocycles. The van der Waals surface area contributed by atoms with Gasteiger partial charge >= 0.3 is 0 Å². The van der Waals surface area contributed by atoms with Crippen molar-refractivity contribution >= 4 is 29.9 Å². The third-order valence-electron chi connectivity index (χ3n) is 3.86. The van der Waals surface area contributed by atoms with E-state index in [0.29, 0.717) is 19.8 Å². The van der Waals surface area contributed by atoms with Crippen LogP contribution in [-0.2, 0) is 9.47 Å². The van der Waals surface area contributed by atoms with Crippen LogP contribution in [0, 0.1) is 0 Å². The summed E-state index contributed by atoms with van der Waals surface area (Å²) in [7, 11) is 1.80. The Morgan fingerprint density at radius 1 is 0.840 bits per heavy atom. The number of guanidine groups is 1. The van der Waals surface area contributed by atoms with Gasteiger partial charge in [-0.1, -0.05) is 27.2 Å². The van der Waals surface area contributed by atoms with Crippen molar-refractivity contribution < 1.29 is 9.47 Å². The van der Waals surface area contributed by atoms with Crippen molar-refractivity contribution in [2.24, 2.45) is 4.99 Å². The summed E-state index contributed by atoms with van der Waals surface area (Å²) in [6.07, 6.45) is 4.67. The molecule has 2 N–H and O–H groups in total. The van der Waals surface area contributed by atoms with Gasteiger partial charge in [0.05, 0.1) is 19.8 Å². The topological polar surface area (TPSA) is 58.1 Å². The molecule has 25 heavy (non-hydrogen) atoms. The zero-order chi connectivity index (χ0) is 17.9. The molecule has 0 saturated carbocycles. The zero-order valence-electron chi connectivity index (χ0n) is 16.8. The van der Waals surface area contributed by atoms with Crippen LogP contribution in [0.1, 0.15) is 46.5 Å². The lowest BCUT2D eigenvalue weighted by Gasteiger charge is -2.18. The third kappa shape index (κ3) is 18.5. The van der Waals surface area contributed by atoms with E-state index in [1.807, 2.05) is 0 Å². The Balaban J connectivity index is 0. The first-order valence-electron chi connectivity index (χ1n) is 9.60. The molecular formula is C18H41IN4O2. The molecule has 0 aromatic heterocycles. The molecule has 0 aromatic rings. The quantitative estimate of drug-likeness (QED) is 0.157. The SMILES string of the molecule is CCCCOCCOCCNC(=NC)NCCCCN(CC)CC.I. The van der Waals surface area contributed by atoms with E-state index in [2.05, 4.69) is 41.3 Å². The van der Waals surface area contributed by atoms with Gasteiger partial charge in [0.1, 0.15) is 0 Å². The van der Waals surface area contributed by atoms with E-state index < -0.39 is 0 Å². The predicted molar refractivity (Wildman–Crippen MR) is 118 cm³/mol. The summed E-state index contributed by atoms with van der Waals surface area (Å²) in [6, 6.07) is 0. The number of unbranched alkanes of at least 4 members (excludes halogenated alkanes) is 2. The maximum atomic E-state index is 5.53. The second-order valence-corrected chi connectivity index (χ2v) is 5.74. The molecule has 0 aliphatic heterocycles. The van der Waals surface area contributed by atoms with E-state index in [1.54, 1.807) is 7.05 Å². The highest BCUT2D eigenvalue weighted by Gasteiger charge is 2.00. The number of hydrogen-bond donors (Lipinski definition) is 2. The smallest absolute Gasteiger partial charge is 0.191 e. The van der Waals surface area contributed by atoms with Gasteiger partial charge in [0.15, 0.2) is 5.96 Å². The van der Waals surface area contributed by atoms with E-state index >= 15 is 0 Å². The summed E-state index contributed by atoms with van der Waals surface area (Å²) < 4.78 is 11.0. The number of halogens is 1. The Bertz CT molecular complexity index is 290. The fourth-order valence-electron chi connectivity index (χ4n) is 2.24. The molecule has 0 aliphatic rings. The fourth-order valence-corrected chi connectivity index (χ4v) is 2.24. The molecule has 0 heterocycles. The molecule has 0 atom stereocenters. The lowest BCUT2D eigenvalue weighted by Crippen LogP contribution is -2.39. The molecule has 0 fully saturated rings. The average molecular weight is 472 g/mol. The van der Waals surface area contributed by atoms with Crippen LogP contribution in [0.2, 0.25) is 0 Å². The van der Waals surface area contributed by atoms with Gasteiger partial charge < -0.3 is 25.0 Å². The Hall–Kier alpha value is -0.120. The van der Waals surface area contributed by atoms with Gasteiger partial charge in [0.25, 0.3) is 0 Å². The molecule has 0 saturated heterocycles. The first-order chi connectivity index (χ1) is 11.8. The average Bonchev–Trinajstić information content (AvgIpc) is 2.61. The number of rotatable bonds is 16. The maximum absolute atomic E-state index is 5.53. The molecule has 7 heteroatoms. The van der Waals surface area contributed by atoms with E-state index in [4.69, 9.17) is 9.47 Å². The molecule has 0 bridgehead atoms. The molecule has 0 amide bonds. The summed E-state index contributed by atoms with van der Waals surface area (Å²) in [5, 5.41) is 6.61. The van der Waals surface area contributed by atoms with Gasteiger partial charge in [-0.05, 0) is 38.9 Å². The van der Waals surface area contributed by atoms with Gasteiger partial charge in [-0.3, -0.25) is 4.99 Å². The summed E-state index contributed by atoms with van der Waals surface area (Å²) in [5.41, 5.74) is 0. The highest BCUT2D eigenvalue weighted by Crippen LogP contribution is 1.93. The van der Waals surface area contributed by atoms with E-state index in [-0.39, 0.29) is 24.0 Å². The highest BCUT2D eigenvalue weighted by molar-refractivity contribution is 14.0. The van der Waals surface area contributed by atoms with Crippen LogP contribution in [0.15, 0.2) is 4.99 Å². The van der Waals surface area contributed by atoms with Crippen molar-refractivity contribution in [3.8, 4) is 0 Å². The van der Waals surface area contributed by atoms with Crippen molar-refractivity contribution in [2.45, 2.75) is 46.5 Å². The second-order valence-electron chi connectivity index (χ2n) is 5.74. The van der Waals surface area contributed by atoms with Gasteiger partial charge in [-0.25, -0.2) is 0 Å². The van der Waals surface area contributed by atoms with Gasteiger partial charge in [-0.15, -0.1) is 24.0 Å². The minimum atomic E-state index is 0. The second kappa shape index (κ2) is 21.9. The monoisotopic (exact) mass is 472 g/mol. The van der Waals surface area contributed by atoms with Gasteiger partial charge in [-0.2, -0.15) is 0 Å². The Kier molecular flexibility index (Phi) is 23.8. The van der Waals surface area contributed by atoms with Crippen molar-refractivity contribution in [3.63, 3.8) is 0 Å². The normalized spacial score (nSPS) is 11.5. The highest BCUT2D eigenvalue weighted by atomic mass is 127. The van der Waals surface area contributed by atoms with E-state index in [9.17, 15) is 0 Å². The van der Waals surface area contributed by atoms with E-state index in [1.165, 1.54) is 19.4 Å². The molecular weight excluding hydrogens is 431 g/mol. The standard InChI is InChI=1S/C18H40N4O2.HI/c1-5-8-14-23-16-17-24-15-12-21-18(19-4)20-11-9-10-13-22(6-2)7-3;/h5-17H2,1-4H3,(H2,19,20,21);1H. The molecule has 0 radical (unpaired) electrons. The number of nitrogens with one attached hydrogen (secondary N) is 2. The van der Waals surface area contributed by atoms with Crippen LogP contribution in [0.5, 0.6) is 0 Å². The zero-order valence-corrected chi connectivity index (χ0v) is 19.1. The summed E-state index contributed by atoms with van der Waals surface area (Å²) in [4.78, 5) is 6.68. The molecule has 0 unspecified atom stereocenters. The minimum absolute atomic E-state index is 0. The van der Waals surface area contributed by atoms with Crippen molar-refractivity contribution in [1.82, 2.24) is 15.5 Å². The van der Waals surface area contributed by atoms with Crippen molar-refractivity contribution in [2.75, 3.05) is 66.2 Å². The van der Waals surface area contributed by atoms with Crippen LogP contribution in [-0.4, -0.2) is 77.1 Å². The third-order valence-corrected chi connectivity index (χ3v) is 3.86. The van der Waals surface area contributed by atoms with Crippen molar-refractivity contribution in [1.29, 1.82) is 0 Å². The molecule has 152 valence electrons. The van der Waals surface area contributed by atoms with Crippen LogP contribution >= 0.6 is 24.0 Å². The Morgan fingerprint density at radius 3 is 2.08 bits per heavy atom. The van der Waals surface area contributed by atoms with Crippen molar-refractivity contribution in [3.05, 3.63) is 0 Å². The maximum Gasteiger partial charge on any atom is 0.191 e. The van der Waals surface area contributed by atoms with Crippen LogP contribution < -0.4 is 10.6 Å². The van der Waals surface area contributed by atoms with Crippen LogP contribution in [0.4, 0.5) is 0 Å².